The summed E-state index contributed by atoms with van der Waals surface area (Å²) in [6.45, 7) is 4.24. The molecule has 0 radical (unpaired) electrons. The van der Waals surface area contributed by atoms with Crippen molar-refractivity contribution in [2.24, 2.45) is 5.92 Å². The number of anilines is 1. The minimum atomic E-state index is -0.967. The molecule has 0 amide bonds. The van der Waals surface area contributed by atoms with Crippen molar-refractivity contribution in [2.75, 3.05) is 25.1 Å². The summed E-state index contributed by atoms with van der Waals surface area (Å²) in [5.74, 6) is -0.970. The highest BCUT2D eigenvalue weighted by Gasteiger charge is 2.16. The monoisotopic (exact) mass is 267 g/mol. The van der Waals surface area contributed by atoms with Gasteiger partial charge in [-0.2, -0.15) is 0 Å². The molecular formula is C12H17N3O4. The van der Waals surface area contributed by atoms with E-state index in [1.807, 2.05) is 13.8 Å². The largest absolute Gasteiger partial charge is 0.480 e. The standard InChI is InChI=1S/C12H17N3O4/c1-8(2)6-15(7-11(16)17)10-5-13-4-9(14-10)12(18)19-3/h4-5,8H,6-7H2,1-3H3,(H,16,17). The summed E-state index contributed by atoms with van der Waals surface area (Å²) in [4.78, 5) is 31.8. The van der Waals surface area contributed by atoms with Crippen LogP contribution in [0.25, 0.3) is 0 Å². The minimum absolute atomic E-state index is 0.0548. The first-order valence-electron chi connectivity index (χ1n) is 5.81. The molecule has 1 aromatic heterocycles. The van der Waals surface area contributed by atoms with Crippen molar-refractivity contribution in [3.63, 3.8) is 0 Å². The van der Waals surface area contributed by atoms with Gasteiger partial charge in [-0.3, -0.25) is 9.78 Å². The Kier molecular flexibility index (Phi) is 5.23. The Morgan fingerprint density at radius 3 is 2.63 bits per heavy atom. The number of nitrogens with zero attached hydrogens (tertiary/aromatic N) is 3. The van der Waals surface area contributed by atoms with Gasteiger partial charge < -0.3 is 14.7 Å². The van der Waals surface area contributed by atoms with E-state index >= 15 is 0 Å². The van der Waals surface area contributed by atoms with Gasteiger partial charge >= 0.3 is 11.9 Å². The number of methoxy groups -OCH3 is 1. The Morgan fingerprint density at radius 2 is 2.11 bits per heavy atom. The lowest BCUT2D eigenvalue weighted by Gasteiger charge is -2.23. The quantitative estimate of drug-likeness (QED) is 0.762. The summed E-state index contributed by atoms with van der Waals surface area (Å²) in [6.07, 6.45) is 2.71. The second-order valence-corrected chi connectivity index (χ2v) is 4.42. The highest BCUT2D eigenvalue weighted by molar-refractivity contribution is 5.87. The Labute approximate surface area is 111 Å². The highest BCUT2D eigenvalue weighted by atomic mass is 16.5. The Morgan fingerprint density at radius 1 is 1.42 bits per heavy atom. The average Bonchev–Trinajstić information content (AvgIpc) is 2.36. The third-order valence-corrected chi connectivity index (χ3v) is 2.25. The summed E-state index contributed by atoms with van der Waals surface area (Å²) in [6, 6.07) is 0. The molecule has 1 heterocycles. The number of carboxylic acids is 1. The molecule has 0 unspecified atom stereocenters. The molecule has 0 aliphatic carbocycles. The van der Waals surface area contributed by atoms with Crippen LogP contribution in [0.15, 0.2) is 12.4 Å². The molecular weight excluding hydrogens is 250 g/mol. The van der Waals surface area contributed by atoms with Crippen molar-refractivity contribution in [1.29, 1.82) is 0 Å². The zero-order valence-electron chi connectivity index (χ0n) is 11.2. The van der Waals surface area contributed by atoms with Crippen LogP contribution in [0.5, 0.6) is 0 Å². The number of carboxylic acid groups (broad SMARTS) is 1. The van der Waals surface area contributed by atoms with Crippen molar-refractivity contribution < 1.29 is 19.4 Å². The summed E-state index contributed by atoms with van der Waals surface area (Å²) in [7, 11) is 1.25. The number of rotatable bonds is 6. The van der Waals surface area contributed by atoms with Crippen LogP contribution in [0.1, 0.15) is 24.3 Å². The molecule has 0 aromatic carbocycles. The van der Waals surface area contributed by atoms with E-state index < -0.39 is 11.9 Å². The van der Waals surface area contributed by atoms with Crippen LogP contribution in [0, 0.1) is 5.92 Å². The SMILES string of the molecule is COC(=O)c1cncc(N(CC(=O)O)CC(C)C)n1. The molecule has 7 heteroatoms. The van der Waals surface area contributed by atoms with Crippen molar-refractivity contribution in [2.45, 2.75) is 13.8 Å². The minimum Gasteiger partial charge on any atom is -0.480 e. The van der Waals surface area contributed by atoms with Gasteiger partial charge in [-0.05, 0) is 5.92 Å². The first-order valence-corrected chi connectivity index (χ1v) is 5.81. The van der Waals surface area contributed by atoms with Gasteiger partial charge in [0.1, 0.15) is 12.4 Å². The maximum atomic E-state index is 11.4. The summed E-state index contributed by atoms with van der Waals surface area (Å²) in [5.41, 5.74) is 0.0548. The molecule has 1 N–H and O–H groups in total. The van der Waals surface area contributed by atoms with Crippen LogP contribution in [0.2, 0.25) is 0 Å². The number of aromatic nitrogens is 2. The lowest BCUT2D eigenvalue weighted by atomic mass is 10.2. The van der Waals surface area contributed by atoms with Crippen molar-refractivity contribution >= 4 is 17.8 Å². The Bertz CT molecular complexity index is 462. The summed E-state index contributed by atoms with van der Waals surface area (Å²) < 4.78 is 4.56. The first kappa shape index (κ1) is 14.9. The number of hydrogen-bond acceptors (Lipinski definition) is 6. The number of aliphatic carboxylic acids is 1. The van der Waals surface area contributed by atoms with Gasteiger partial charge in [0.15, 0.2) is 5.69 Å². The lowest BCUT2D eigenvalue weighted by molar-refractivity contribution is -0.135. The number of esters is 1. The molecule has 0 aliphatic heterocycles. The number of carbonyl (C=O) groups excluding carboxylic acids is 1. The molecule has 0 aliphatic rings. The molecule has 19 heavy (non-hydrogen) atoms. The van der Waals surface area contributed by atoms with Crippen LogP contribution in [0.4, 0.5) is 5.82 Å². The molecule has 104 valence electrons. The topological polar surface area (TPSA) is 92.6 Å². The molecule has 0 saturated carbocycles. The van der Waals surface area contributed by atoms with E-state index in [-0.39, 0.29) is 18.2 Å². The Balaban J connectivity index is 3.00. The fourth-order valence-corrected chi connectivity index (χ4v) is 1.55. The first-order chi connectivity index (χ1) is 8.93. The molecule has 0 atom stereocenters. The number of hydrogen-bond donors (Lipinski definition) is 1. The molecule has 1 aromatic rings. The zero-order chi connectivity index (χ0) is 14.4. The average molecular weight is 267 g/mol. The van der Waals surface area contributed by atoms with Crippen LogP contribution in [-0.2, 0) is 9.53 Å². The Hall–Kier alpha value is -2.18. The maximum absolute atomic E-state index is 11.4. The van der Waals surface area contributed by atoms with Gasteiger partial charge in [0.25, 0.3) is 0 Å². The summed E-state index contributed by atoms with van der Waals surface area (Å²) in [5, 5.41) is 8.90. The predicted octanol–water partition coefficient (Wildman–Crippen LogP) is 0.810. The maximum Gasteiger partial charge on any atom is 0.358 e. The van der Waals surface area contributed by atoms with E-state index in [4.69, 9.17) is 5.11 Å². The van der Waals surface area contributed by atoms with E-state index in [0.29, 0.717) is 12.4 Å². The molecule has 0 fully saturated rings. The van der Waals surface area contributed by atoms with Gasteiger partial charge in [-0.15, -0.1) is 0 Å². The van der Waals surface area contributed by atoms with E-state index in [1.165, 1.54) is 19.5 Å². The predicted molar refractivity (Wildman–Crippen MR) is 68.1 cm³/mol. The molecule has 0 bridgehead atoms. The van der Waals surface area contributed by atoms with Crippen LogP contribution in [0.3, 0.4) is 0 Å². The normalized spacial score (nSPS) is 10.3. The van der Waals surface area contributed by atoms with E-state index in [2.05, 4.69) is 14.7 Å². The molecule has 0 spiro atoms. The fraction of sp³-hybridized carbons (Fsp3) is 0.500. The van der Waals surface area contributed by atoms with Gasteiger partial charge in [0, 0.05) is 6.54 Å². The van der Waals surface area contributed by atoms with Gasteiger partial charge in [-0.1, -0.05) is 13.8 Å². The van der Waals surface area contributed by atoms with Crippen molar-refractivity contribution in [1.82, 2.24) is 9.97 Å². The zero-order valence-corrected chi connectivity index (χ0v) is 11.2. The molecule has 0 saturated heterocycles. The van der Waals surface area contributed by atoms with Crippen molar-refractivity contribution in [3.8, 4) is 0 Å². The number of ether oxygens (including phenoxy) is 1. The second kappa shape index (κ2) is 6.67. The lowest BCUT2D eigenvalue weighted by Crippen LogP contribution is -2.34. The van der Waals surface area contributed by atoms with Crippen LogP contribution >= 0.6 is 0 Å². The van der Waals surface area contributed by atoms with E-state index in [9.17, 15) is 9.59 Å². The highest BCUT2D eigenvalue weighted by Crippen LogP contribution is 2.12. The van der Waals surface area contributed by atoms with Crippen LogP contribution in [-0.4, -0.2) is 47.2 Å². The van der Waals surface area contributed by atoms with Gasteiger partial charge in [0.05, 0.1) is 19.5 Å². The van der Waals surface area contributed by atoms with Gasteiger partial charge in [-0.25, -0.2) is 9.78 Å². The van der Waals surface area contributed by atoms with Crippen LogP contribution < -0.4 is 4.90 Å². The third kappa shape index (κ3) is 4.53. The fourth-order valence-electron chi connectivity index (χ4n) is 1.55. The van der Waals surface area contributed by atoms with E-state index in [0.717, 1.165) is 0 Å². The molecule has 7 nitrogen and oxygen atoms in total. The molecule has 1 rings (SSSR count). The van der Waals surface area contributed by atoms with Crippen molar-refractivity contribution in [3.05, 3.63) is 18.1 Å². The van der Waals surface area contributed by atoms with E-state index in [1.54, 1.807) is 4.90 Å². The van der Waals surface area contributed by atoms with Gasteiger partial charge in [0.2, 0.25) is 0 Å². The smallest absolute Gasteiger partial charge is 0.358 e. The second-order valence-electron chi connectivity index (χ2n) is 4.42. The number of carbonyl (C=O) groups is 2. The third-order valence-electron chi connectivity index (χ3n) is 2.25. The summed E-state index contributed by atoms with van der Waals surface area (Å²) >= 11 is 0.